The van der Waals surface area contributed by atoms with Crippen LogP contribution >= 0.6 is 0 Å². The van der Waals surface area contributed by atoms with Gasteiger partial charge < -0.3 is 10.0 Å². The van der Waals surface area contributed by atoms with E-state index in [0.717, 1.165) is 5.69 Å². The van der Waals surface area contributed by atoms with Crippen LogP contribution in [0, 0.1) is 0 Å². The fourth-order valence-electron chi connectivity index (χ4n) is 1.03. The highest BCUT2D eigenvalue weighted by molar-refractivity contribution is 5.94. The summed E-state index contributed by atoms with van der Waals surface area (Å²) in [5.41, 5.74) is 1.59. The Kier molecular flexibility index (Phi) is 3.03. The van der Waals surface area contributed by atoms with Gasteiger partial charge in [0.2, 0.25) is 0 Å². The molecule has 0 spiro atoms. The molecule has 0 saturated carbocycles. The molecule has 0 radical (unpaired) electrons. The molecule has 0 atom stereocenters. The fraction of sp³-hybridized carbons (Fsp3) is 0.300. The number of benzene rings is 1. The van der Waals surface area contributed by atoms with Gasteiger partial charge in [-0.25, -0.2) is 0 Å². The minimum atomic E-state index is -0.0284. The molecule has 0 aliphatic carbocycles. The number of Topliss-reactive ketones (excluding diaryl/α,β-unsaturated/α-hetero) is 1. The molecular formula is C10H13NO2. The molecule has 0 aliphatic rings. The number of hydrogen-bond donors (Lipinski definition) is 1. The molecule has 1 rings (SSSR count). The predicted molar refractivity (Wildman–Crippen MR) is 51.9 cm³/mol. The molecule has 1 N–H and O–H groups in total. The van der Waals surface area contributed by atoms with Gasteiger partial charge in [-0.05, 0) is 31.2 Å². The van der Waals surface area contributed by atoms with Crippen LogP contribution in [0.2, 0.25) is 0 Å². The maximum absolute atomic E-state index is 10.9. The van der Waals surface area contributed by atoms with Crippen molar-refractivity contribution in [1.29, 1.82) is 0 Å². The van der Waals surface area contributed by atoms with Gasteiger partial charge in [-0.1, -0.05) is 0 Å². The SMILES string of the molecule is CC(=O)c1ccc(N(C)CO)cc1. The highest BCUT2D eigenvalue weighted by atomic mass is 16.3. The van der Waals surface area contributed by atoms with Crippen LogP contribution in [0.1, 0.15) is 17.3 Å². The molecule has 13 heavy (non-hydrogen) atoms. The van der Waals surface area contributed by atoms with Crippen molar-refractivity contribution < 1.29 is 9.90 Å². The quantitative estimate of drug-likeness (QED) is 0.561. The molecular weight excluding hydrogens is 166 g/mol. The summed E-state index contributed by atoms with van der Waals surface area (Å²) < 4.78 is 0. The Morgan fingerprint density at radius 3 is 2.31 bits per heavy atom. The molecule has 1 aromatic rings. The van der Waals surface area contributed by atoms with Crippen LogP contribution in [0.15, 0.2) is 24.3 Å². The third kappa shape index (κ3) is 2.29. The number of nitrogens with zero attached hydrogens (tertiary/aromatic N) is 1. The second-order valence-electron chi connectivity index (χ2n) is 2.94. The average molecular weight is 179 g/mol. The highest BCUT2D eigenvalue weighted by Gasteiger charge is 2.00. The summed E-state index contributed by atoms with van der Waals surface area (Å²) in [5.74, 6) is 0.0539. The normalized spacial score (nSPS) is 9.77. The van der Waals surface area contributed by atoms with Crippen LogP contribution in [0.25, 0.3) is 0 Å². The number of aliphatic hydroxyl groups is 1. The van der Waals surface area contributed by atoms with E-state index in [1.807, 2.05) is 12.1 Å². The van der Waals surface area contributed by atoms with Gasteiger partial charge >= 0.3 is 0 Å². The van der Waals surface area contributed by atoms with Crippen LogP contribution < -0.4 is 4.90 Å². The van der Waals surface area contributed by atoms with E-state index < -0.39 is 0 Å². The third-order valence-corrected chi connectivity index (χ3v) is 1.93. The van der Waals surface area contributed by atoms with Crippen LogP contribution in [-0.2, 0) is 0 Å². The maximum atomic E-state index is 10.9. The molecule has 3 nitrogen and oxygen atoms in total. The minimum absolute atomic E-state index is 0.0284. The van der Waals surface area contributed by atoms with Crippen LogP contribution in [-0.4, -0.2) is 24.7 Å². The number of carbonyl (C=O) groups is 1. The van der Waals surface area contributed by atoms with Crippen molar-refractivity contribution in [2.75, 3.05) is 18.7 Å². The van der Waals surface area contributed by atoms with E-state index in [2.05, 4.69) is 0 Å². The molecule has 0 bridgehead atoms. The predicted octanol–water partition coefficient (Wildman–Crippen LogP) is 1.28. The molecule has 0 fully saturated rings. The lowest BCUT2D eigenvalue weighted by atomic mass is 10.1. The Labute approximate surface area is 77.6 Å². The maximum Gasteiger partial charge on any atom is 0.159 e. The Bertz CT molecular complexity index is 292. The van der Waals surface area contributed by atoms with Gasteiger partial charge in [0, 0.05) is 18.3 Å². The number of anilines is 1. The molecule has 0 saturated heterocycles. The standard InChI is InChI=1S/C10H13NO2/c1-8(13)9-3-5-10(6-4-9)11(2)7-12/h3-6,12H,7H2,1-2H3. The van der Waals surface area contributed by atoms with Crippen LogP contribution in [0.3, 0.4) is 0 Å². The van der Waals surface area contributed by atoms with E-state index in [1.54, 1.807) is 24.1 Å². The Morgan fingerprint density at radius 2 is 1.92 bits per heavy atom. The van der Waals surface area contributed by atoms with Crippen molar-refractivity contribution in [2.24, 2.45) is 0 Å². The Hall–Kier alpha value is -1.35. The van der Waals surface area contributed by atoms with E-state index in [4.69, 9.17) is 5.11 Å². The summed E-state index contributed by atoms with van der Waals surface area (Å²) >= 11 is 0. The zero-order valence-corrected chi connectivity index (χ0v) is 7.82. The number of carbonyl (C=O) groups excluding carboxylic acids is 1. The van der Waals surface area contributed by atoms with Crippen molar-refractivity contribution in [3.8, 4) is 0 Å². The Morgan fingerprint density at radius 1 is 1.38 bits per heavy atom. The van der Waals surface area contributed by atoms with Gasteiger partial charge in [-0.15, -0.1) is 0 Å². The topological polar surface area (TPSA) is 40.5 Å². The number of aliphatic hydroxyl groups excluding tert-OH is 1. The summed E-state index contributed by atoms with van der Waals surface area (Å²) in [6, 6.07) is 7.13. The average Bonchev–Trinajstić information content (AvgIpc) is 2.17. The van der Waals surface area contributed by atoms with Crippen molar-refractivity contribution in [1.82, 2.24) is 0 Å². The zero-order valence-electron chi connectivity index (χ0n) is 7.82. The van der Waals surface area contributed by atoms with E-state index in [1.165, 1.54) is 6.92 Å². The first-order valence-corrected chi connectivity index (χ1v) is 4.08. The van der Waals surface area contributed by atoms with Gasteiger partial charge in [-0.2, -0.15) is 0 Å². The lowest BCUT2D eigenvalue weighted by Gasteiger charge is -2.15. The van der Waals surface area contributed by atoms with E-state index in [0.29, 0.717) is 5.56 Å². The molecule has 70 valence electrons. The van der Waals surface area contributed by atoms with Crippen molar-refractivity contribution in [3.63, 3.8) is 0 Å². The number of ketones is 1. The van der Waals surface area contributed by atoms with Crippen molar-refractivity contribution in [2.45, 2.75) is 6.92 Å². The highest BCUT2D eigenvalue weighted by Crippen LogP contribution is 2.13. The zero-order chi connectivity index (χ0) is 9.84. The Balaban J connectivity index is 2.87. The number of rotatable bonds is 3. The summed E-state index contributed by atoms with van der Waals surface area (Å²) in [5, 5.41) is 8.83. The lowest BCUT2D eigenvalue weighted by Crippen LogP contribution is -2.17. The third-order valence-electron chi connectivity index (χ3n) is 1.93. The minimum Gasteiger partial charge on any atom is -0.376 e. The molecule has 0 unspecified atom stereocenters. The van der Waals surface area contributed by atoms with Gasteiger partial charge in [0.1, 0.15) is 6.73 Å². The van der Waals surface area contributed by atoms with Gasteiger partial charge in [0.15, 0.2) is 5.78 Å². The largest absolute Gasteiger partial charge is 0.376 e. The van der Waals surface area contributed by atoms with Crippen LogP contribution in [0.5, 0.6) is 0 Å². The first-order chi connectivity index (χ1) is 6.15. The monoisotopic (exact) mass is 179 g/mol. The van der Waals surface area contributed by atoms with Crippen LogP contribution in [0.4, 0.5) is 5.69 Å². The molecule has 3 heteroatoms. The summed E-state index contributed by atoms with van der Waals surface area (Å²) in [4.78, 5) is 12.6. The van der Waals surface area contributed by atoms with Gasteiger partial charge in [-0.3, -0.25) is 4.79 Å². The first kappa shape index (κ1) is 9.74. The smallest absolute Gasteiger partial charge is 0.159 e. The lowest BCUT2D eigenvalue weighted by molar-refractivity contribution is 0.101. The molecule has 1 aromatic carbocycles. The molecule has 0 amide bonds. The van der Waals surface area contributed by atoms with E-state index >= 15 is 0 Å². The number of hydrogen-bond acceptors (Lipinski definition) is 3. The summed E-state index contributed by atoms with van der Waals surface area (Å²) in [6.45, 7) is 1.50. The second kappa shape index (κ2) is 4.05. The van der Waals surface area contributed by atoms with Gasteiger partial charge in [0.05, 0.1) is 0 Å². The second-order valence-corrected chi connectivity index (χ2v) is 2.94. The first-order valence-electron chi connectivity index (χ1n) is 4.08. The van der Waals surface area contributed by atoms with Crippen molar-refractivity contribution in [3.05, 3.63) is 29.8 Å². The van der Waals surface area contributed by atoms with Crippen molar-refractivity contribution >= 4 is 11.5 Å². The summed E-state index contributed by atoms with van der Waals surface area (Å²) in [7, 11) is 1.78. The molecule has 0 heterocycles. The van der Waals surface area contributed by atoms with E-state index in [-0.39, 0.29) is 12.5 Å². The molecule has 0 aromatic heterocycles. The molecule has 0 aliphatic heterocycles. The van der Waals surface area contributed by atoms with Gasteiger partial charge in [0.25, 0.3) is 0 Å². The fourth-order valence-corrected chi connectivity index (χ4v) is 1.03. The van der Waals surface area contributed by atoms with E-state index in [9.17, 15) is 4.79 Å². The summed E-state index contributed by atoms with van der Waals surface area (Å²) in [6.07, 6.45) is 0.